The van der Waals surface area contributed by atoms with Crippen LogP contribution in [0.1, 0.15) is 34.9 Å². The highest BCUT2D eigenvalue weighted by Gasteiger charge is 2.31. The Bertz CT molecular complexity index is 871. The van der Waals surface area contributed by atoms with E-state index in [1.165, 1.54) is 18.2 Å². The molecular weight excluding hydrogens is 362 g/mol. The number of thiocarbonyl (C=S) groups is 1. The van der Waals surface area contributed by atoms with Crippen LogP contribution in [0.5, 0.6) is 0 Å². The van der Waals surface area contributed by atoms with Gasteiger partial charge in [-0.2, -0.15) is 0 Å². The summed E-state index contributed by atoms with van der Waals surface area (Å²) in [4.78, 5) is 6.30. The number of halogens is 2. The van der Waals surface area contributed by atoms with Crippen LogP contribution in [0, 0.1) is 11.6 Å². The Balaban J connectivity index is 1.99. The van der Waals surface area contributed by atoms with Crippen molar-refractivity contribution in [2.24, 2.45) is 4.99 Å². The summed E-state index contributed by atoms with van der Waals surface area (Å²) in [6.07, 6.45) is 1.80. The first-order valence-corrected chi connectivity index (χ1v) is 9.34. The molecule has 7 heteroatoms. The summed E-state index contributed by atoms with van der Waals surface area (Å²) < 4.78 is 34.7. The Hall–Kier alpha value is -1.70. The molecule has 0 amide bonds. The molecule has 0 fully saturated rings. The van der Waals surface area contributed by atoms with Crippen LogP contribution in [-0.2, 0) is 17.8 Å². The highest BCUT2D eigenvalue weighted by Crippen LogP contribution is 2.40. The molecule has 1 aromatic carbocycles. The number of aliphatic imine (C=N–C) groups is 1. The molecule has 0 spiro atoms. The van der Waals surface area contributed by atoms with E-state index in [1.807, 2.05) is 6.92 Å². The Labute approximate surface area is 153 Å². The number of hydrogen-bond acceptors (Lipinski definition) is 4. The van der Waals surface area contributed by atoms with Crippen molar-refractivity contribution in [1.29, 1.82) is 0 Å². The van der Waals surface area contributed by atoms with E-state index in [9.17, 15) is 8.78 Å². The molecule has 3 nitrogen and oxygen atoms in total. The Morgan fingerprint density at radius 2 is 2.04 bits per heavy atom. The third-order valence-electron chi connectivity index (χ3n) is 4.40. The first-order chi connectivity index (χ1) is 12.1. The molecule has 4 rings (SSSR count). The summed E-state index contributed by atoms with van der Waals surface area (Å²) in [6, 6.07) is 3.49. The maximum absolute atomic E-state index is 14.5. The fourth-order valence-electron chi connectivity index (χ4n) is 3.16. The number of anilines is 1. The minimum atomic E-state index is -0.626. The molecule has 130 valence electrons. The van der Waals surface area contributed by atoms with E-state index < -0.39 is 11.6 Å². The molecule has 1 N–H and O–H groups in total. The van der Waals surface area contributed by atoms with Gasteiger partial charge in [0.25, 0.3) is 0 Å². The smallest absolute Gasteiger partial charge is 0.135 e. The number of rotatable bonds is 1. The van der Waals surface area contributed by atoms with Crippen LogP contribution in [-0.4, -0.2) is 23.3 Å². The average molecular weight is 378 g/mol. The summed E-state index contributed by atoms with van der Waals surface area (Å²) in [5, 5.41) is 4.02. The number of fused-ring (bicyclic) bond motifs is 3. The van der Waals surface area contributed by atoms with Gasteiger partial charge in [-0.1, -0.05) is 18.3 Å². The maximum Gasteiger partial charge on any atom is 0.135 e. The average Bonchev–Trinajstić information content (AvgIpc) is 2.70. The summed E-state index contributed by atoms with van der Waals surface area (Å²) in [5.41, 5.74) is 1.89. The molecule has 3 heterocycles. The molecule has 1 atom stereocenters. The first kappa shape index (κ1) is 16.8. The van der Waals surface area contributed by atoms with Crippen LogP contribution < -0.4 is 5.32 Å². The Kier molecular flexibility index (Phi) is 4.39. The standard InChI is InChI=1S/C18H16F2N2OS2/c1-9-17(24)22-18-14(10-8-23-7-3-6-13(10)25-18)16(21-9)15-11(19)4-2-5-12(15)20/h2,4-5,9H,3,6-8H2,1H3,(H,22,24)/t9-/m0/s1. The topological polar surface area (TPSA) is 33.6 Å². The van der Waals surface area contributed by atoms with Crippen molar-refractivity contribution in [3.05, 3.63) is 51.4 Å². The monoisotopic (exact) mass is 378 g/mol. The van der Waals surface area contributed by atoms with Crippen LogP contribution in [0.2, 0.25) is 0 Å². The second kappa shape index (κ2) is 6.55. The minimum absolute atomic E-state index is 0.105. The van der Waals surface area contributed by atoms with E-state index in [4.69, 9.17) is 17.0 Å². The summed E-state index contributed by atoms with van der Waals surface area (Å²) in [5.74, 6) is -1.25. The second-order valence-electron chi connectivity index (χ2n) is 6.10. The van der Waals surface area contributed by atoms with Crippen LogP contribution in [0.15, 0.2) is 23.2 Å². The molecule has 25 heavy (non-hydrogen) atoms. The molecule has 0 aliphatic carbocycles. The van der Waals surface area contributed by atoms with Crippen molar-refractivity contribution in [3.8, 4) is 0 Å². The number of benzene rings is 1. The predicted octanol–water partition coefficient (Wildman–Crippen LogP) is 4.47. The van der Waals surface area contributed by atoms with Gasteiger partial charge in [-0.25, -0.2) is 8.78 Å². The summed E-state index contributed by atoms with van der Waals surface area (Å²) in [7, 11) is 0. The lowest BCUT2D eigenvalue weighted by Crippen LogP contribution is -2.20. The van der Waals surface area contributed by atoms with Crippen molar-refractivity contribution in [2.45, 2.75) is 32.4 Å². The van der Waals surface area contributed by atoms with Gasteiger partial charge in [-0.05, 0) is 31.9 Å². The van der Waals surface area contributed by atoms with Crippen molar-refractivity contribution < 1.29 is 13.5 Å². The van der Waals surface area contributed by atoms with Gasteiger partial charge in [-0.15, -0.1) is 11.3 Å². The number of hydrogen-bond donors (Lipinski definition) is 1. The zero-order valence-electron chi connectivity index (χ0n) is 13.6. The van der Waals surface area contributed by atoms with Crippen molar-refractivity contribution >= 4 is 39.3 Å². The molecule has 2 aliphatic rings. The van der Waals surface area contributed by atoms with Gasteiger partial charge in [0.05, 0.1) is 23.9 Å². The Morgan fingerprint density at radius 1 is 1.28 bits per heavy atom. The van der Waals surface area contributed by atoms with Gasteiger partial charge in [0, 0.05) is 22.6 Å². The van der Waals surface area contributed by atoms with Crippen molar-refractivity contribution in [3.63, 3.8) is 0 Å². The van der Waals surface area contributed by atoms with Crippen molar-refractivity contribution in [1.82, 2.24) is 0 Å². The van der Waals surface area contributed by atoms with Crippen molar-refractivity contribution in [2.75, 3.05) is 11.9 Å². The number of ether oxygens (including phenoxy) is 1. The van der Waals surface area contributed by atoms with Gasteiger partial charge in [-0.3, -0.25) is 4.99 Å². The first-order valence-electron chi connectivity index (χ1n) is 8.12. The quantitative estimate of drug-likeness (QED) is 0.744. The fourth-order valence-corrected chi connectivity index (χ4v) is 4.64. The number of nitrogens with zero attached hydrogens (tertiary/aromatic N) is 1. The van der Waals surface area contributed by atoms with E-state index in [-0.39, 0.29) is 11.6 Å². The predicted molar refractivity (Wildman–Crippen MR) is 100.0 cm³/mol. The van der Waals surface area contributed by atoms with Gasteiger partial charge in [0.15, 0.2) is 0 Å². The van der Waals surface area contributed by atoms with Gasteiger partial charge < -0.3 is 10.1 Å². The van der Waals surface area contributed by atoms with Gasteiger partial charge in [0.2, 0.25) is 0 Å². The normalized spacial score (nSPS) is 20.0. The van der Waals surface area contributed by atoms with E-state index in [1.54, 1.807) is 11.3 Å². The molecule has 0 bridgehead atoms. The number of aryl methyl sites for hydroxylation is 1. The second-order valence-corrected chi connectivity index (χ2v) is 7.65. The number of thiophene rings is 1. The number of nitrogens with one attached hydrogen (secondary N) is 1. The molecule has 0 saturated heterocycles. The third kappa shape index (κ3) is 2.90. The lowest BCUT2D eigenvalue weighted by atomic mass is 9.97. The lowest BCUT2D eigenvalue weighted by Gasteiger charge is -2.12. The summed E-state index contributed by atoms with van der Waals surface area (Å²) >= 11 is 6.97. The molecular formula is C18H16F2N2OS2. The molecule has 2 aromatic rings. The maximum atomic E-state index is 14.5. The van der Waals surface area contributed by atoms with Crippen LogP contribution in [0.3, 0.4) is 0 Å². The highest BCUT2D eigenvalue weighted by molar-refractivity contribution is 7.80. The van der Waals surface area contributed by atoms with Crippen LogP contribution in [0.4, 0.5) is 13.8 Å². The zero-order valence-corrected chi connectivity index (χ0v) is 15.2. The molecule has 1 aromatic heterocycles. The summed E-state index contributed by atoms with van der Waals surface area (Å²) in [6.45, 7) is 2.91. The SMILES string of the molecule is C[C@@H]1N=C(c2c(F)cccc2F)c2c(sc3c2COCCC3)NC1=S. The lowest BCUT2D eigenvalue weighted by molar-refractivity contribution is 0.125. The van der Waals surface area contributed by atoms with Crippen LogP contribution >= 0.6 is 23.6 Å². The molecule has 2 aliphatic heterocycles. The largest absolute Gasteiger partial charge is 0.377 e. The van der Waals surface area contributed by atoms with E-state index in [0.717, 1.165) is 33.8 Å². The molecule has 0 unspecified atom stereocenters. The minimum Gasteiger partial charge on any atom is -0.377 e. The Morgan fingerprint density at radius 3 is 2.80 bits per heavy atom. The van der Waals surface area contributed by atoms with E-state index in [0.29, 0.717) is 23.9 Å². The molecule has 0 saturated carbocycles. The fraction of sp³-hybridized carbons (Fsp3) is 0.333. The van der Waals surface area contributed by atoms with Gasteiger partial charge >= 0.3 is 0 Å². The van der Waals surface area contributed by atoms with E-state index in [2.05, 4.69) is 10.3 Å². The van der Waals surface area contributed by atoms with Gasteiger partial charge in [0.1, 0.15) is 21.6 Å². The molecule has 0 radical (unpaired) electrons. The van der Waals surface area contributed by atoms with Crippen LogP contribution in [0.25, 0.3) is 0 Å². The van der Waals surface area contributed by atoms with E-state index >= 15 is 0 Å². The highest BCUT2D eigenvalue weighted by atomic mass is 32.1. The third-order valence-corrected chi connectivity index (χ3v) is 6.06. The zero-order chi connectivity index (χ0) is 17.6.